The number of rotatable bonds is 5. The first-order valence-corrected chi connectivity index (χ1v) is 6.47. The largest absolute Gasteiger partial charge is 0.480 e. The van der Waals surface area contributed by atoms with Crippen LogP contribution in [0.1, 0.15) is 20.3 Å². The molecule has 0 aromatic rings. The van der Waals surface area contributed by atoms with Gasteiger partial charge in [0.05, 0.1) is 6.10 Å². The minimum atomic E-state index is -1.17. The van der Waals surface area contributed by atoms with Crippen LogP contribution in [0.5, 0.6) is 0 Å². The van der Waals surface area contributed by atoms with Crippen LogP contribution in [0, 0.1) is 5.92 Å². The number of nitrogens with two attached hydrogens (primary N) is 1. The zero-order valence-corrected chi connectivity index (χ0v) is 11.7. The Morgan fingerprint density at radius 2 is 2.00 bits per heavy atom. The Labute approximate surface area is 117 Å². The van der Waals surface area contributed by atoms with E-state index in [1.54, 1.807) is 0 Å². The fraction of sp³-hybridized carbons (Fsp3) is 0.750. The Morgan fingerprint density at radius 1 is 1.40 bits per heavy atom. The van der Waals surface area contributed by atoms with Crippen LogP contribution in [-0.4, -0.2) is 69.7 Å². The number of urea groups is 1. The van der Waals surface area contributed by atoms with Crippen molar-refractivity contribution in [1.29, 1.82) is 0 Å². The van der Waals surface area contributed by atoms with E-state index in [9.17, 15) is 19.5 Å². The molecule has 1 fully saturated rings. The van der Waals surface area contributed by atoms with Gasteiger partial charge in [0.1, 0.15) is 12.6 Å². The van der Waals surface area contributed by atoms with Gasteiger partial charge in [-0.05, 0) is 5.92 Å². The number of nitrogens with zero attached hydrogens (tertiary/aromatic N) is 2. The van der Waals surface area contributed by atoms with Crippen molar-refractivity contribution in [3.05, 3.63) is 0 Å². The molecule has 0 aromatic carbocycles. The number of primary amides is 1. The SMILES string of the molecule is CC(C)CN(CC(N)=O)C(=O)N1C[C@@H](O)C[C@H]1C(=O)O. The van der Waals surface area contributed by atoms with E-state index in [1.165, 1.54) is 4.90 Å². The Balaban J connectivity index is 2.86. The summed E-state index contributed by atoms with van der Waals surface area (Å²) in [6.07, 6.45) is -0.873. The molecule has 1 aliphatic rings. The Morgan fingerprint density at radius 3 is 2.45 bits per heavy atom. The lowest BCUT2D eigenvalue weighted by Gasteiger charge is -2.30. The van der Waals surface area contributed by atoms with Gasteiger partial charge in [-0.25, -0.2) is 9.59 Å². The minimum Gasteiger partial charge on any atom is -0.480 e. The molecule has 20 heavy (non-hydrogen) atoms. The van der Waals surface area contributed by atoms with Gasteiger partial charge in [-0.3, -0.25) is 4.79 Å². The first-order valence-electron chi connectivity index (χ1n) is 6.47. The lowest BCUT2D eigenvalue weighted by Crippen LogP contribution is -2.51. The molecule has 114 valence electrons. The summed E-state index contributed by atoms with van der Waals surface area (Å²) in [4.78, 5) is 36.8. The summed E-state index contributed by atoms with van der Waals surface area (Å²) in [6, 6.07) is -1.65. The van der Waals surface area contributed by atoms with Crippen molar-refractivity contribution >= 4 is 17.9 Å². The van der Waals surface area contributed by atoms with Crippen LogP contribution in [0.25, 0.3) is 0 Å². The number of carboxylic acid groups (broad SMARTS) is 1. The molecule has 0 spiro atoms. The molecule has 0 aromatic heterocycles. The molecule has 8 heteroatoms. The zero-order chi connectivity index (χ0) is 15.4. The highest BCUT2D eigenvalue weighted by molar-refractivity contribution is 5.86. The van der Waals surface area contributed by atoms with Crippen LogP contribution in [-0.2, 0) is 9.59 Å². The number of aliphatic carboxylic acids is 1. The molecular weight excluding hydrogens is 266 g/mol. The lowest BCUT2D eigenvalue weighted by atomic mass is 10.2. The molecule has 8 nitrogen and oxygen atoms in total. The number of carbonyl (C=O) groups excluding carboxylic acids is 2. The highest BCUT2D eigenvalue weighted by atomic mass is 16.4. The molecule has 1 rings (SSSR count). The summed E-state index contributed by atoms with van der Waals surface area (Å²) in [6.45, 7) is 3.71. The maximum Gasteiger partial charge on any atom is 0.326 e. The van der Waals surface area contributed by atoms with Gasteiger partial charge in [-0.15, -0.1) is 0 Å². The Bertz CT molecular complexity index is 399. The summed E-state index contributed by atoms with van der Waals surface area (Å²) >= 11 is 0. The van der Waals surface area contributed by atoms with Crippen molar-refractivity contribution in [3.63, 3.8) is 0 Å². The fourth-order valence-corrected chi connectivity index (χ4v) is 2.28. The maximum absolute atomic E-state index is 12.3. The number of carbonyl (C=O) groups is 3. The van der Waals surface area contributed by atoms with E-state index in [-0.39, 0.29) is 25.4 Å². The summed E-state index contributed by atoms with van der Waals surface area (Å²) in [5.41, 5.74) is 5.11. The van der Waals surface area contributed by atoms with Gasteiger partial charge >= 0.3 is 12.0 Å². The van der Waals surface area contributed by atoms with Crippen LogP contribution in [0.3, 0.4) is 0 Å². The number of carboxylic acids is 1. The van der Waals surface area contributed by atoms with Crippen LogP contribution in [0.15, 0.2) is 0 Å². The maximum atomic E-state index is 12.3. The highest BCUT2D eigenvalue weighted by Crippen LogP contribution is 2.20. The molecular formula is C12H21N3O5. The second-order valence-corrected chi connectivity index (χ2v) is 5.42. The van der Waals surface area contributed by atoms with Crippen LogP contribution < -0.4 is 5.73 Å². The summed E-state index contributed by atoms with van der Waals surface area (Å²) in [5, 5.41) is 18.6. The van der Waals surface area contributed by atoms with Gasteiger partial charge in [-0.2, -0.15) is 0 Å². The molecule has 4 N–H and O–H groups in total. The molecule has 0 radical (unpaired) electrons. The molecule has 0 aliphatic carbocycles. The smallest absolute Gasteiger partial charge is 0.326 e. The van der Waals surface area contributed by atoms with Crippen molar-refractivity contribution in [2.75, 3.05) is 19.6 Å². The van der Waals surface area contributed by atoms with Gasteiger partial charge in [0.15, 0.2) is 0 Å². The van der Waals surface area contributed by atoms with Gasteiger partial charge < -0.3 is 25.7 Å². The Hall–Kier alpha value is -1.83. The predicted octanol–water partition coefficient (Wildman–Crippen LogP) is -0.930. The van der Waals surface area contributed by atoms with E-state index in [0.717, 1.165) is 4.90 Å². The third-order valence-electron chi connectivity index (χ3n) is 3.01. The van der Waals surface area contributed by atoms with E-state index >= 15 is 0 Å². The molecule has 1 heterocycles. The van der Waals surface area contributed by atoms with Crippen molar-refractivity contribution in [1.82, 2.24) is 9.80 Å². The standard InChI is InChI=1S/C12H21N3O5/c1-7(2)4-14(6-10(13)17)12(20)15-5-8(16)3-9(15)11(18)19/h7-9,16H,3-6H2,1-2H3,(H2,13,17)(H,18,19)/t8-,9-/m0/s1. The summed E-state index contributed by atoms with van der Waals surface area (Å²) < 4.78 is 0. The van der Waals surface area contributed by atoms with Gasteiger partial charge in [-0.1, -0.05) is 13.8 Å². The Kier molecular flexibility index (Phi) is 5.32. The van der Waals surface area contributed by atoms with E-state index in [4.69, 9.17) is 10.8 Å². The van der Waals surface area contributed by atoms with Crippen LogP contribution in [0.2, 0.25) is 0 Å². The van der Waals surface area contributed by atoms with Crippen molar-refractivity contribution in [2.45, 2.75) is 32.4 Å². The van der Waals surface area contributed by atoms with Gasteiger partial charge in [0, 0.05) is 19.5 Å². The number of hydrogen-bond donors (Lipinski definition) is 3. The summed E-state index contributed by atoms with van der Waals surface area (Å²) in [7, 11) is 0. The first-order chi connectivity index (χ1) is 9.22. The predicted molar refractivity (Wildman–Crippen MR) is 69.8 cm³/mol. The highest BCUT2D eigenvalue weighted by Gasteiger charge is 2.40. The van der Waals surface area contributed by atoms with Gasteiger partial charge in [0.25, 0.3) is 0 Å². The third-order valence-corrected chi connectivity index (χ3v) is 3.01. The van der Waals surface area contributed by atoms with Crippen LogP contribution >= 0.6 is 0 Å². The second-order valence-electron chi connectivity index (χ2n) is 5.42. The quantitative estimate of drug-likeness (QED) is 0.602. The van der Waals surface area contributed by atoms with E-state index in [0.29, 0.717) is 6.54 Å². The molecule has 0 unspecified atom stereocenters. The van der Waals surface area contributed by atoms with E-state index in [2.05, 4.69) is 0 Å². The lowest BCUT2D eigenvalue weighted by molar-refractivity contribution is -0.141. The fourth-order valence-electron chi connectivity index (χ4n) is 2.28. The normalized spacial score (nSPS) is 22.1. The average molecular weight is 287 g/mol. The van der Waals surface area contributed by atoms with Crippen molar-refractivity contribution in [2.24, 2.45) is 11.7 Å². The minimum absolute atomic E-state index is 0.00678. The van der Waals surface area contributed by atoms with Crippen molar-refractivity contribution < 1.29 is 24.6 Å². The third kappa shape index (κ3) is 4.09. The molecule has 1 saturated heterocycles. The van der Waals surface area contributed by atoms with Crippen molar-refractivity contribution in [3.8, 4) is 0 Å². The number of β-amino-alcohol motifs (C(OH)–C–C–N with tert-alkyl or cyclic N) is 1. The average Bonchev–Trinajstić information content (AvgIpc) is 2.68. The van der Waals surface area contributed by atoms with Crippen LogP contribution in [0.4, 0.5) is 4.79 Å². The number of aliphatic hydroxyl groups is 1. The molecule has 3 amide bonds. The summed E-state index contributed by atoms with van der Waals surface area (Å²) in [5.74, 6) is -1.72. The number of likely N-dealkylation sites (tertiary alicyclic amines) is 1. The molecule has 0 bridgehead atoms. The number of aliphatic hydroxyl groups excluding tert-OH is 1. The number of hydrogen-bond acceptors (Lipinski definition) is 4. The molecule has 2 atom stereocenters. The topological polar surface area (TPSA) is 124 Å². The second kappa shape index (κ2) is 6.56. The monoisotopic (exact) mass is 287 g/mol. The van der Waals surface area contributed by atoms with Gasteiger partial charge in [0.2, 0.25) is 5.91 Å². The van der Waals surface area contributed by atoms with E-state index < -0.39 is 30.1 Å². The first kappa shape index (κ1) is 16.2. The number of amides is 3. The molecule has 0 saturated carbocycles. The zero-order valence-electron chi connectivity index (χ0n) is 11.7. The van der Waals surface area contributed by atoms with E-state index in [1.807, 2.05) is 13.8 Å². The molecule has 1 aliphatic heterocycles.